The summed E-state index contributed by atoms with van der Waals surface area (Å²) < 4.78 is 0. The lowest BCUT2D eigenvalue weighted by Gasteiger charge is -2.05. The van der Waals surface area contributed by atoms with Crippen LogP contribution < -0.4 is 10.7 Å². The Hall–Kier alpha value is -2.37. The van der Waals surface area contributed by atoms with Crippen LogP contribution in [0.3, 0.4) is 0 Å². The van der Waals surface area contributed by atoms with E-state index >= 15 is 0 Å². The van der Waals surface area contributed by atoms with Gasteiger partial charge in [-0.1, -0.05) is 53.5 Å². The fourth-order valence-electron chi connectivity index (χ4n) is 1.53. The van der Waals surface area contributed by atoms with Crippen LogP contribution in [0.5, 0.6) is 0 Å². The normalized spacial score (nSPS) is 10.5. The number of hydrogen-bond acceptors (Lipinski definition) is 3. The zero-order valence-corrected chi connectivity index (χ0v) is 12.7. The van der Waals surface area contributed by atoms with E-state index in [0.29, 0.717) is 21.3 Å². The minimum absolute atomic E-state index is 0.336. The number of nitrogens with one attached hydrogen (secondary N) is 2. The van der Waals surface area contributed by atoms with Crippen LogP contribution >= 0.6 is 23.2 Å². The molecule has 0 aliphatic rings. The van der Waals surface area contributed by atoms with Gasteiger partial charge in [-0.05, 0) is 18.2 Å². The highest BCUT2D eigenvalue weighted by Crippen LogP contribution is 2.20. The Morgan fingerprint density at radius 1 is 0.909 bits per heavy atom. The molecule has 112 valence electrons. The molecule has 0 aromatic heterocycles. The SMILES string of the molecule is O=C(NN=Cc1ccccc1Cl)C(=O)Nc1ccccc1Cl. The summed E-state index contributed by atoms with van der Waals surface area (Å²) in [6.07, 6.45) is 1.35. The monoisotopic (exact) mass is 335 g/mol. The van der Waals surface area contributed by atoms with Crippen LogP contribution in [0.15, 0.2) is 53.6 Å². The maximum Gasteiger partial charge on any atom is 0.329 e. The number of halogens is 2. The average Bonchev–Trinajstić information content (AvgIpc) is 2.51. The Kier molecular flexibility index (Phi) is 5.52. The first-order chi connectivity index (χ1) is 10.6. The second-order valence-electron chi connectivity index (χ2n) is 4.15. The first-order valence-electron chi connectivity index (χ1n) is 6.21. The fraction of sp³-hybridized carbons (Fsp3) is 0. The summed E-state index contributed by atoms with van der Waals surface area (Å²) >= 11 is 11.8. The summed E-state index contributed by atoms with van der Waals surface area (Å²) in [6.45, 7) is 0. The van der Waals surface area contributed by atoms with Crippen molar-refractivity contribution < 1.29 is 9.59 Å². The zero-order valence-electron chi connectivity index (χ0n) is 11.2. The second kappa shape index (κ2) is 7.59. The minimum atomic E-state index is -0.914. The van der Waals surface area contributed by atoms with Crippen LogP contribution in [-0.4, -0.2) is 18.0 Å². The summed E-state index contributed by atoms with van der Waals surface area (Å²) in [5.74, 6) is -1.78. The highest BCUT2D eigenvalue weighted by molar-refractivity contribution is 6.41. The largest absolute Gasteiger partial charge is 0.329 e. The van der Waals surface area contributed by atoms with Crippen molar-refractivity contribution in [2.45, 2.75) is 0 Å². The molecule has 0 aliphatic carbocycles. The Morgan fingerprint density at radius 2 is 1.55 bits per heavy atom. The molecule has 0 radical (unpaired) electrons. The minimum Gasteiger partial charge on any atom is -0.316 e. The number of carbonyl (C=O) groups is 2. The Bertz CT molecular complexity index is 732. The average molecular weight is 336 g/mol. The Balaban J connectivity index is 1.94. The first-order valence-corrected chi connectivity index (χ1v) is 6.97. The third-order valence-corrected chi connectivity index (χ3v) is 3.28. The molecule has 0 saturated carbocycles. The molecule has 2 aromatic rings. The summed E-state index contributed by atoms with van der Waals surface area (Å²) in [6, 6.07) is 13.6. The number of nitrogens with zero attached hydrogens (tertiary/aromatic N) is 1. The molecule has 2 amide bonds. The summed E-state index contributed by atoms with van der Waals surface area (Å²) in [5, 5.41) is 6.90. The van der Waals surface area contributed by atoms with Gasteiger partial charge in [-0.25, -0.2) is 5.43 Å². The number of benzene rings is 2. The van der Waals surface area contributed by atoms with Gasteiger partial charge in [0.1, 0.15) is 0 Å². The van der Waals surface area contributed by atoms with E-state index in [1.165, 1.54) is 6.21 Å². The number of para-hydroxylation sites is 1. The lowest BCUT2D eigenvalue weighted by molar-refractivity contribution is -0.136. The van der Waals surface area contributed by atoms with Crippen LogP contribution in [-0.2, 0) is 9.59 Å². The molecular formula is C15H11Cl2N3O2. The van der Waals surface area contributed by atoms with Crippen molar-refractivity contribution in [1.82, 2.24) is 5.43 Å². The molecule has 5 nitrogen and oxygen atoms in total. The predicted octanol–water partition coefficient (Wildman–Crippen LogP) is 3.08. The standard InChI is InChI=1S/C15H11Cl2N3O2/c16-11-6-2-1-5-10(11)9-18-20-15(22)14(21)19-13-8-4-3-7-12(13)17/h1-9H,(H,19,21)(H,20,22). The van der Waals surface area contributed by atoms with Gasteiger partial charge in [0.15, 0.2) is 0 Å². The van der Waals surface area contributed by atoms with Gasteiger partial charge >= 0.3 is 11.8 Å². The summed E-state index contributed by atoms with van der Waals surface area (Å²) in [4.78, 5) is 23.3. The van der Waals surface area contributed by atoms with Crippen LogP contribution in [0.4, 0.5) is 5.69 Å². The van der Waals surface area contributed by atoms with Crippen molar-refractivity contribution in [2.24, 2.45) is 5.10 Å². The molecule has 0 bridgehead atoms. The van der Waals surface area contributed by atoms with Gasteiger partial charge in [0.2, 0.25) is 0 Å². The smallest absolute Gasteiger partial charge is 0.316 e. The van der Waals surface area contributed by atoms with Crippen LogP contribution in [0.2, 0.25) is 10.0 Å². The number of carbonyl (C=O) groups excluding carboxylic acids is 2. The Morgan fingerprint density at radius 3 is 2.23 bits per heavy atom. The van der Waals surface area contributed by atoms with E-state index in [2.05, 4.69) is 15.8 Å². The van der Waals surface area contributed by atoms with E-state index in [4.69, 9.17) is 23.2 Å². The van der Waals surface area contributed by atoms with E-state index in [1.54, 1.807) is 48.5 Å². The van der Waals surface area contributed by atoms with Crippen molar-refractivity contribution in [3.63, 3.8) is 0 Å². The highest BCUT2D eigenvalue weighted by atomic mass is 35.5. The fourth-order valence-corrected chi connectivity index (χ4v) is 1.90. The van der Waals surface area contributed by atoms with Crippen LogP contribution in [0.25, 0.3) is 0 Å². The number of rotatable bonds is 3. The van der Waals surface area contributed by atoms with Gasteiger partial charge < -0.3 is 5.32 Å². The third kappa shape index (κ3) is 4.31. The zero-order chi connectivity index (χ0) is 15.9. The topological polar surface area (TPSA) is 70.6 Å². The number of amides is 2. The third-order valence-electron chi connectivity index (χ3n) is 2.60. The molecule has 0 fully saturated rings. The molecule has 2 aromatic carbocycles. The number of hydrogen-bond donors (Lipinski definition) is 2. The maximum absolute atomic E-state index is 11.7. The van der Waals surface area contributed by atoms with E-state index in [9.17, 15) is 9.59 Å². The first kappa shape index (κ1) is 16.0. The molecule has 2 N–H and O–H groups in total. The molecule has 22 heavy (non-hydrogen) atoms. The van der Waals surface area contributed by atoms with E-state index in [1.807, 2.05) is 0 Å². The van der Waals surface area contributed by atoms with E-state index < -0.39 is 11.8 Å². The summed E-state index contributed by atoms with van der Waals surface area (Å²) in [5.41, 5.74) is 3.08. The molecule has 7 heteroatoms. The van der Waals surface area contributed by atoms with Gasteiger partial charge in [-0.3, -0.25) is 9.59 Å². The second-order valence-corrected chi connectivity index (χ2v) is 4.97. The van der Waals surface area contributed by atoms with Crippen molar-refractivity contribution >= 4 is 46.9 Å². The van der Waals surface area contributed by atoms with Crippen molar-refractivity contribution in [1.29, 1.82) is 0 Å². The van der Waals surface area contributed by atoms with Crippen LogP contribution in [0, 0.1) is 0 Å². The van der Waals surface area contributed by atoms with Crippen molar-refractivity contribution in [2.75, 3.05) is 5.32 Å². The van der Waals surface area contributed by atoms with Gasteiger partial charge in [0.25, 0.3) is 0 Å². The lowest BCUT2D eigenvalue weighted by Crippen LogP contribution is -2.32. The van der Waals surface area contributed by atoms with E-state index in [0.717, 1.165) is 0 Å². The van der Waals surface area contributed by atoms with E-state index in [-0.39, 0.29) is 0 Å². The summed E-state index contributed by atoms with van der Waals surface area (Å²) in [7, 11) is 0. The molecule has 0 atom stereocenters. The lowest BCUT2D eigenvalue weighted by atomic mass is 10.2. The predicted molar refractivity (Wildman–Crippen MR) is 87.3 cm³/mol. The van der Waals surface area contributed by atoms with Gasteiger partial charge in [-0.15, -0.1) is 0 Å². The number of hydrazone groups is 1. The quantitative estimate of drug-likeness (QED) is 0.514. The van der Waals surface area contributed by atoms with Crippen LogP contribution in [0.1, 0.15) is 5.56 Å². The van der Waals surface area contributed by atoms with Crippen molar-refractivity contribution in [3.05, 3.63) is 64.1 Å². The van der Waals surface area contributed by atoms with Gasteiger partial charge in [0, 0.05) is 10.6 Å². The maximum atomic E-state index is 11.7. The Labute approximate surface area is 136 Å². The molecule has 2 rings (SSSR count). The van der Waals surface area contributed by atoms with Gasteiger partial charge in [-0.2, -0.15) is 5.10 Å². The van der Waals surface area contributed by atoms with Gasteiger partial charge in [0.05, 0.1) is 16.9 Å². The molecular weight excluding hydrogens is 325 g/mol. The molecule has 0 heterocycles. The molecule has 0 unspecified atom stereocenters. The number of anilines is 1. The molecule has 0 spiro atoms. The van der Waals surface area contributed by atoms with Crippen molar-refractivity contribution in [3.8, 4) is 0 Å². The highest BCUT2D eigenvalue weighted by Gasteiger charge is 2.14. The molecule has 0 aliphatic heterocycles. The molecule has 0 saturated heterocycles.